The highest BCUT2D eigenvalue weighted by molar-refractivity contribution is 5.36. The average molecular weight is 201 g/mol. The number of nitrogen functional groups attached to an aromatic ring is 1. The Balaban J connectivity index is 3.15. The predicted molar refractivity (Wildman–Crippen MR) is 43.0 cm³/mol. The van der Waals surface area contributed by atoms with Crippen LogP contribution < -0.4 is 5.73 Å². The molecule has 0 amide bonds. The summed E-state index contributed by atoms with van der Waals surface area (Å²) in [6.07, 6.45) is -4.64. The molecule has 1 aromatic heterocycles. The quantitative estimate of drug-likeness (QED) is 0.752. The van der Waals surface area contributed by atoms with Crippen LogP contribution >= 0.6 is 0 Å². The van der Waals surface area contributed by atoms with Gasteiger partial charge in [0.2, 0.25) is 0 Å². The van der Waals surface area contributed by atoms with Crippen LogP contribution in [0.4, 0.5) is 19.0 Å². The van der Waals surface area contributed by atoms with Crippen molar-refractivity contribution in [2.75, 3.05) is 5.73 Å². The lowest BCUT2D eigenvalue weighted by atomic mass is 10.2. The molecule has 14 heavy (non-hydrogen) atoms. The van der Waals surface area contributed by atoms with Crippen LogP contribution in [0, 0.1) is 11.3 Å². The first kappa shape index (κ1) is 10.3. The molecule has 0 aromatic carbocycles. The van der Waals surface area contributed by atoms with Crippen LogP contribution in [0.3, 0.4) is 0 Å². The summed E-state index contributed by atoms with van der Waals surface area (Å²) >= 11 is 0. The minimum absolute atomic E-state index is 0.0276. The fourth-order valence-electron chi connectivity index (χ4n) is 0.946. The van der Waals surface area contributed by atoms with E-state index in [2.05, 4.69) is 4.98 Å². The molecule has 0 atom stereocenters. The average Bonchev–Trinajstić information content (AvgIpc) is 2.02. The number of aromatic nitrogens is 1. The van der Waals surface area contributed by atoms with E-state index in [1.807, 2.05) is 0 Å². The van der Waals surface area contributed by atoms with E-state index in [-0.39, 0.29) is 17.9 Å². The highest BCUT2D eigenvalue weighted by Crippen LogP contribution is 2.30. The summed E-state index contributed by atoms with van der Waals surface area (Å²) in [5.41, 5.74) is 4.31. The standard InChI is InChI=1S/C8H6F3N3/c9-8(10,11)5-3-6(1-2-12)14-7(13)4-5/h3-4H,1H2,(H2,13,14). The summed E-state index contributed by atoms with van der Waals surface area (Å²) in [6.45, 7) is 0. The van der Waals surface area contributed by atoms with Crippen molar-refractivity contribution in [3.8, 4) is 6.07 Å². The second-order valence-corrected chi connectivity index (χ2v) is 2.60. The zero-order valence-corrected chi connectivity index (χ0v) is 6.97. The maximum atomic E-state index is 12.2. The van der Waals surface area contributed by atoms with Crippen molar-refractivity contribution in [3.63, 3.8) is 0 Å². The zero-order chi connectivity index (χ0) is 10.8. The lowest BCUT2D eigenvalue weighted by Gasteiger charge is -2.07. The van der Waals surface area contributed by atoms with Crippen molar-refractivity contribution in [2.24, 2.45) is 0 Å². The van der Waals surface area contributed by atoms with Gasteiger partial charge in [-0.1, -0.05) is 0 Å². The number of nitrogens with two attached hydrogens (primary N) is 1. The molecular formula is C8H6F3N3. The molecule has 3 nitrogen and oxygen atoms in total. The first-order valence-electron chi connectivity index (χ1n) is 3.64. The van der Waals surface area contributed by atoms with Gasteiger partial charge >= 0.3 is 6.18 Å². The van der Waals surface area contributed by atoms with E-state index in [0.29, 0.717) is 0 Å². The van der Waals surface area contributed by atoms with E-state index >= 15 is 0 Å². The number of hydrogen-bond acceptors (Lipinski definition) is 3. The van der Waals surface area contributed by atoms with Crippen LogP contribution in [-0.4, -0.2) is 4.98 Å². The molecule has 0 spiro atoms. The molecule has 0 saturated carbocycles. The Morgan fingerprint density at radius 1 is 1.43 bits per heavy atom. The summed E-state index contributed by atoms with van der Waals surface area (Å²) in [6, 6.07) is 3.26. The van der Waals surface area contributed by atoms with Gasteiger partial charge < -0.3 is 5.73 Å². The highest BCUT2D eigenvalue weighted by Gasteiger charge is 2.31. The van der Waals surface area contributed by atoms with Gasteiger partial charge in [0.25, 0.3) is 0 Å². The molecule has 74 valence electrons. The Labute approximate surface area is 78.0 Å². The number of halogens is 3. The number of nitriles is 1. The lowest BCUT2D eigenvalue weighted by molar-refractivity contribution is -0.137. The molecule has 2 N–H and O–H groups in total. The van der Waals surface area contributed by atoms with Crippen LogP contribution in [0.2, 0.25) is 0 Å². The van der Waals surface area contributed by atoms with Gasteiger partial charge in [-0.25, -0.2) is 4.98 Å². The van der Waals surface area contributed by atoms with E-state index in [4.69, 9.17) is 11.0 Å². The second-order valence-electron chi connectivity index (χ2n) is 2.60. The van der Waals surface area contributed by atoms with Crippen molar-refractivity contribution in [2.45, 2.75) is 12.6 Å². The molecule has 0 saturated heterocycles. The van der Waals surface area contributed by atoms with Crippen LogP contribution in [0.1, 0.15) is 11.3 Å². The number of nitrogens with zero attached hydrogens (tertiary/aromatic N) is 2. The molecule has 6 heteroatoms. The first-order valence-corrected chi connectivity index (χ1v) is 3.64. The molecule has 0 aliphatic rings. The summed E-state index contributed by atoms with van der Waals surface area (Å²) in [5, 5.41) is 8.29. The second kappa shape index (κ2) is 3.54. The van der Waals surface area contributed by atoms with Gasteiger partial charge in [0.1, 0.15) is 5.82 Å². The van der Waals surface area contributed by atoms with Crippen molar-refractivity contribution in [3.05, 3.63) is 23.4 Å². The SMILES string of the molecule is N#CCc1cc(C(F)(F)F)cc(N)n1. The molecule has 1 rings (SSSR count). The monoisotopic (exact) mass is 201 g/mol. The van der Waals surface area contributed by atoms with Crippen molar-refractivity contribution in [1.29, 1.82) is 5.26 Å². The molecule has 0 bridgehead atoms. The Morgan fingerprint density at radius 2 is 2.07 bits per heavy atom. The first-order chi connectivity index (χ1) is 6.43. The van der Waals surface area contributed by atoms with Crippen LogP contribution in [-0.2, 0) is 12.6 Å². The molecule has 0 fully saturated rings. The summed E-state index contributed by atoms with van der Waals surface area (Å²) in [7, 11) is 0. The summed E-state index contributed by atoms with van der Waals surface area (Å²) in [5.74, 6) is -0.231. The summed E-state index contributed by atoms with van der Waals surface area (Å²) < 4.78 is 36.7. The third-order valence-electron chi connectivity index (χ3n) is 1.49. The van der Waals surface area contributed by atoms with E-state index in [0.717, 1.165) is 12.1 Å². The Hall–Kier alpha value is -1.77. The Morgan fingerprint density at radius 3 is 2.57 bits per heavy atom. The number of rotatable bonds is 1. The molecule has 1 heterocycles. The van der Waals surface area contributed by atoms with Gasteiger partial charge in [-0.05, 0) is 12.1 Å². The lowest BCUT2D eigenvalue weighted by Crippen LogP contribution is -2.08. The van der Waals surface area contributed by atoms with E-state index in [1.54, 1.807) is 6.07 Å². The van der Waals surface area contributed by atoms with E-state index in [9.17, 15) is 13.2 Å². The number of alkyl halides is 3. The predicted octanol–water partition coefficient (Wildman–Crippen LogP) is 1.75. The van der Waals surface area contributed by atoms with Gasteiger partial charge in [0, 0.05) is 0 Å². The minimum Gasteiger partial charge on any atom is -0.384 e. The van der Waals surface area contributed by atoms with Gasteiger partial charge in [-0.2, -0.15) is 18.4 Å². The van der Waals surface area contributed by atoms with Gasteiger partial charge in [0.15, 0.2) is 0 Å². The Kier molecular flexibility index (Phi) is 2.60. The van der Waals surface area contributed by atoms with E-state index in [1.165, 1.54) is 0 Å². The fraction of sp³-hybridized carbons (Fsp3) is 0.250. The highest BCUT2D eigenvalue weighted by atomic mass is 19.4. The maximum Gasteiger partial charge on any atom is 0.416 e. The van der Waals surface area contributed by atoms with Gasteiger partial charge in [0.05, 0.1) is 23.7 Å². The molecule has 0 unspecified atom stereocenters. The molecule has 1 aromatic rings. The zero-order valence-electron chi connectivity index (χ0n) is 6.97. The van der Waals surface area contributed by atoms with Crippen LogP contribution in [0.5, 0.6) is 0 Å². The smallest absolute Gasteiger partial charge is 0.384 e. The van der Waals surface area contributed by atoms with E-state index < -0.39 is 11.7 Å². The topological polar surface area (TPSA) is 62.7 Å². The van der Waals surface area contributed by atoms with Crippen molar-refractivity contribution < 1.29 is 13.2 Å². The Bertz CT molecular complexity index is 378. The third kappa shape index (κ3) is 2.36. The molecule has 0 aliphatic heterocycles. The van der Waals surface area contributed by atoms with Crippen LogP contribution in [0.25, 0.3) is 0 Å². The fourth-order valence-corrected chi connectivity index (χ4v) is 0.946. The maximum absolute atomic E-state index is 12.2. The number of hydrogen-bond donors (Lipinski definition) is 1. The normalized spacial score (nSPS) is 11.0. The molecular weight excluding hydrogens is 195 g/mol. The third-order valence-corrected chi connectivity index (χ3v) is 1.49. The number of anilines is 1. The summed E-state index contributed by atoms with van der Waals surface area (Å²) in [4.78, 5) is 3.59. The minimum atomic E-state index is -4.46. The van der Waals surface area contributed by atoms with Gasteiger partial charge in [-0.3, -0.25) is 0 Å². The largest absolute Gasteiger partial charge is 0.416 e. The number of pyridine rings is 1. The van der Waals surface area contributed by atoms with Crippen LogP contribution in [0.15, 0.2) is 12.1 Å². The molecule has 0 radical (unpaired) electrons. The molecule has 0 aliphatic carbocycles. The van der Waals surface area contributed by atoms with Gasteiger partial charge in [-0.15, -0.1) is 0 Å². The van der Waals surface area contributed by atoms with Crippen molar-refractivity contribution in [1.82, 2.24) is 4.98 Å². The van der Waals surface area contributed by atoms with Crippen molar-refractivity contribution >= 4 is 5.82 Å².